The number of benzene rings is 2. The van der Waals surface area contributed by atoms with Crippen LogP contribution in [-0.2, 0) is 4.79 Å². The summed E-state index contributed by atoms with van der Waals surface area (Å²) in [5, 5.41) is 5.56. The lowest BCUT2D eigenvalue weighted by molar-refractivity contribution is -0.111. The predicted octanol–water partition coefficient (Wildman–Crippen LogP) is 4.89. The first-order chi connectivity index (χ1) is 14.0. The second-order valence-electron chi connectivity index (χ2n) is 6.26. The summed E-state index contributed by atoms with van der Waals surface area (Å²) >= 11 is 0. The van der Waals surface area contributed by atoms with Gasteiger partial charge in [-0.3, -0.25) is 9.59 Å². The standard InChI is InChI=1S/C23H22N2O4/c1-3-28-20-12-9-19(10-13-20)25-23(27)17-5-7-18(8-6-17)24-22(26)15-14-21-11-4-16(2)29-21/h4-15H,3H2,1-2H3,(H,24,26)(H,25,27)/b15-14+. The summed E-state index contributed by atoms with van der Waals surface area (Å²) in [7, 11) is 0. The van der Waals surface area contributed by atoms with Crippen LogP contribution >= 0.6 is 0 Å². The van der Waals surface area contributed by atoms with E-state index in [1.807, 2.05) is 19.9 Å². The molecule has 29 heavy (non-hydrogen) atoms. The number of anilines is 2. The van der Waals surface area contributed by atoms with Crippen LogP contribution in [0.15, 0.2) is 71.2 Å². The second-order valence-corrected chi connectivity index (χ2v) is 6.26. The molecule has 2 aromatic carbocycles. The number of aryl methyl sites for hydroxylation is 1. The molecule has 0 saturated heterocycles. The molecule has 3 rings (SSSR count). The lowest BCUT2D eigenvalue weighted by atomic mass is 10.2. The average molecular weight is 390 g/mol. The van der Waals surface area contributed by atoms with Crippen molar-refractivity contribution in [2.45, 2.75) is 13.8 Å². The fourth-order valence-corrected chi connectivity index (χ4v) is 2.59. The fraction of sp³-hybridized carbons (Fsp3) is 0.130. The molecule has 3 aromatic rings. The van der Waals surface area contributed by atoms with Crippen LogP contribution in [0.5, 0.6) is 5.75 Å². The summed E-state index contributed by atoms with van der Waals surface area (Å²) in [6, 6.07) is 17.4. The Balaban J connectivity index is 1.55. The Labute approximate surface area is 169 Å². The molecular weight excluding hydrogens is 368 g/mol. The summed E-state index contributed by atoms with van der Waals surface area (Å²) in [6.07, 6.45) is 2.99. The molecule has 2 amide bonds. The lowest BCUT2D eigenvalue weighted by Crippen LogP contribution is -2.12. The lowest BCUT2D eigenvalue weighted by Gasteiger charge is -2.08. The number of amides is 2. The van der Waals surface area contributed by atoms with Crippen LogP contribution in [0, 0.1) is 6.92 Å². The van der Waals surface area contributed by atoms with Gasteiger partial charge in [0.25, 0.3) is 5.91 Å². The van der Waals surface area contributed by atoms with E-state index in [4.69, 9.17) is 9.15 Å². The monoisotopic (exact) mass is 390 g/mol. The van der Waals surface area contributed by atoms with Crippen LogP contribution in [0.1, 0.15) is 28.8 Å². The largest absolute Gasteiger partial charge is 0.494 e. The zero-order valence-corrected chi connectivity index (χ0v) is 16.3. The Hall–Kier alpha value is -3.80. The molecule has 0 spiro atoms. The van der Waals surface area contributed by atoms with Crippen LogP contribution in [0.25, 0.3) is 6.08 Å². The molecule has 0 radical (unpaired) electrons. The van der Waals surface area contributed by atoms with Crippen LogP contribution in [0.2, 0.25) is 0 Å². The normalized spacial score (nSPS) is 10.7. The zero-order valence-electron chi connectivity index (χ0n) is 16.3. The smallest absolute Gasteiger partial charge is 0.255 e. The number of hydrogen-bond acceptors (Lipinski definition) is 4. The molecule has 1 heterocycles. The quantitative estimate of drug-likeness (QED) is 0.563. The van der Waals surface area contributed by atoms with Crippen LogP contribution < -0.4 is 15.4 Å². The Morgan fingerprint density at radius 1 is 0.931 bits per heavy atom. The molecule has 0 unspecified atom stereocenters. The Morgan fingerprint density at radius 3 is 2.21 bits per heavy atom. The highest BCUT2D eigenvalue weighted by atomic mass is 16.5. The van der Waals surface area contributed by atoms with Gasteiger partial charge in [0.2, 0.25) is 5.91 Å². The van der Waals surface area contributed by atoms with Gasteiger partial charge in [-0.2, -0.15) is 0 Å². The van der Waals surface area contributed by atoms with Gasteiger partial charge in [-0.1, -0.05) is 0 Å². The summed E-state index contributed by atoms with van der Waals surface area (Å²) < 4.78 is 10.8. The van der Waals surface area contributed by atoms with E-state index in [1.165, 1.54) is 6.08 Å². The van der Waals surface area contributed by atoms with Crippen molar-refractivity contribution in [2.24, 2.45) is 0 Å². The minimum Gasteiger partial charge on any atom is -0.494 e. The third kappa shape index (κ3) is 5.84. The summed E-state index contributed by atoms with van der Waals surface area (Å²) in [5.41, 5.74) is 1.75. The highest BCUT2D eigenvalue weighted by molar-refractivity contribution is 6.05. The summed E-state index contributed by atoms with van der Waals surface area (Å²) in [5.74, 6) is 1.62. The third-order valence-electron chi connectivity index (χ3n) is 4.00. The zero-order chi connectivity index (χ0) is 20.6. The van der Waals surface area contributed by atoms with Gasteiger partial charge in [0.1, 0.15) is 17.3 Å². The fourth-order valence-electron chi connectivity index (χ4n) is 2.59. The predicted molar refractivity (Wildman–Crippen MR) is 113 cm³/mol. The van der Waals surface area contributed by atoms with E-state index in [9.17, 15) is 9.59 Å². The third-order valence-corrected chi connectivity index (χ3v) is 4.00. The van der Waals surface area contributed by atoms with Crippen molar-refractivity contribution in [3.05, 3.63) is 83.8 Å². The van der Waals surface area contributed by atoms with E-state index >= 15 is 0 Å². The molecule has 0 bridgehead atoms. The Morgan fingerprint density at radius 2 is 1.59 bits per heavy atom. The first-order valence-electron chi connectivity index (χ1n) is 9.23. The van der Waals surface area contributed by atoms with Crippen molar-refractivity contribution in [1.29, 1.82) is 0 Å². The number of rotatable bonds is 7. The highest BCUT2D eigenvalue weighted by Crippen LogP contribution is 2.17. The van der Waals surface area contributed by atoms with Gasteiger partial charge in [0.05, 0.1) is 6.61 Å². The first-order valence-corrected chi connectivity index (χ1v) is 9.23. The van der Waals surface area contributed by atoms with Crippen LogP contribution in [-0.4, -0.2) is 18.4 Å². The Bertz CT molecular complexity index is 1000. The second kappa shape index (κ2) is 9.41. The van der Waals surface area contributed by atoms with Crippen LogP contribution in [0.4, 0.5) is 11.4 Å². The van der Waals surface area contributed by atoms with Gasteiger partial charge in [-0.25, -0.2) is 0 Å². The van der Waals surface area contributed by atoms with Gasteiger partial charge in [-0.15, -0.1) is 0 Å². The number of nitrogens with one attached hydrogen (secondary N) is 2. The molecule has 0 aliphatic carbocycles. The van der Waals surface area contributed by atoms with Crippen molar-refractivity contribution >= 4 is 29.3 Å². The van der Waals surface area contributed by atoms with E-state index in [2.05, 4.69) is 10.6 Å². The first kappa shape index (κ1) is 19.9. The maximum atomic E-state index is 12.4. The van der Waals surface area contributed by atoms with Crippen molar-refractivity contribution in [3.8, 4) is 5.75 Å². The number of carbonyl (C=O) groups is 2. The molecule has 0 atom stereocenters. The minimum absolute atomic E-state index is 0.236. The van der Waals surface area contributed by atoms with E-state index in [1.54, 1.807) is 60.7 Å². The molecule has 0 fully saturated rings. The molecule has 1 aromatic heterocycles. The molecule has 6 nitrogen and oxygen atoms in total. The van der Waals surface area contributed by atoms with E-state index in [0.29, 0.717) is 29.3 Å². The average Bonchev–Trinajstić information content (AvgIpc) is 3.14. The highest BCUT2D eigenvalue weighted by Gasteiger charge is 2.07. The maximum absolute atomic E-state index is 12.4. The van der Waals surface area contributed by atoms with E-state index in [-0.39, 0.29) is 11.8 Å². The van der Waals surface area contributed by atoms with Gasteiger partial charge < -0.3 is 19.8 Å². The minimum atomic E-state index is -0.286. The summed E-state index contributed by atoms with van der Waals surface area (Å²) in [6.45, 7) is 4.34. The molecule has 0 aliphatic heterocycles. The van der Waals surface area contributed by atoms with Gasteiger partial charge in [0, 0.05) is 23.0 Å². The van der Waals surface area contributed by atoms with Gasteiger partial charge in [0.15, 0.2) is 0 Å². The Kier molecular flexibility index (Phi) is 6.47. The number of furan rings is 1. The number of ether oxygens (including phenoxy) is 1. The van der Waals surface area contributed by atoms with E-state index in [0.717, 1.165) is 11.5 Å². The molecule has 6 heteroatoms. The summed E-state index contributed by atoms with van der Waals surface area (Å²) in [4.78, 5) is 24.4. The van der Waals surface area contributed by atoms with Crippen molar-refractivity contribution in [3.63, 3.8) is 0 Å². The topological polar surface area (TPSA) is 80.6 Å². The van der Waals surface area contributed by atoms with Crippen molar-refractivity contribution < 1.29 is 18.7 Å². The molecule has 0 aliphatic rings. The van der Waals surface area contributed by atoms with Gasteiger partial charge in [-0.05, 0) is 80.6 Å². The number of hydrogen-bond donors (Lipinski definition) is 2. The van der Waals surface area contributed by atoms with Crippen molar-refractivity contribution in [1.82, 2.24) is 0 Å². The van der Waals surface area contributed by atoms with Crippen LogP contribution in [0.3, 0.4) is 0 Å². The molecule has 148 valence electrons. The molecule has 0 saturated carbocycles. The van der Waals surface area contributed by atoms with Crippen molar-refractivity contribution in [2.75, 3.05) is 17.2 Å². The van der Waals surface area contributed by atoms with E-state index < -0.39 is 0 Å². The molecule has 2 N–H and O–H groups in total. The van der Waals surface area contributed by atoms with Gasteiger partial charge >= 0.3 is 0 Å². The maximum Gasteiger partial charge on any atom is 0.255 e. The molecular formula is C23H22N2O4. The number of carbonyl (C=O) groups excluding carboxylic acids is 2. The SMILES string of the molecule is CCOc1ccc(NC(=O)c2ccc(NC(=O)/C=C/c3ccc(C)o3)cc2)cc1.